The molecular formula is C24H44O2. The van der Waals surface area contributed by atoms with Crippen LogP contribution in [-0.2, 0) is 0 Å². The van der Waals surface area contributed by atoms with E-state index in [-0.39, 0.29) is 0 Å². The Morgan fingerprint density at radius 1 is 0.654 bits per heavy atom. The fraction of sp³-hybridized carbons (Fsp3) is 0.917. The molecule has 1 saturated carbocycles. The van der Waals surface area contributed by atoms with Crippen molar-refractivity contribution in [2.75, 3.05) is 0 Å². The Labute approximate surface area is 162 Å². The van der Waals surface area contributed by atoms with Gasteiger partial charge in [-0.3, -0.25) is 0 Å². The van der Waals surface area contributed by atoms with Gasteiger partial charge in [-0.2, -0.15) is 0 Å². The van der Waals surface area contributed by atoms with Crippen LogP contribution in [-0.4, -0.2) is 21.9 Å². The van der Waals surface area contributed by atoms with Crippen LogP contribution in [0.15, 0.2) is 11.6 Å². The van der Waals surface area contributed by atoms with E-state index in [9.17, 15) is 10.2 Å². The molecule has 0 spiro atoms. The third-order valence-electron chi connectivity index (χ3n) is 6.68. The van der Waals surface area contributed by atoms with Crippen molar-refractivity contribution in [3.63, 3.8) is 0 Å². The van der Waals surface area contributed by atoms with E-state index in [2.05, 4.69) is 6.08 Å². The van der Waals surface area contributed by atoms with Crippen LogP contribution in [0.5, 0.6) is 0 Å². The Bertz CT molecular complexity index is 390. The molecule has 0 aromatic rings. The van der Waals surface area contributed by atoms with Crippen LogP contribution in [0.2, 0.25) is 0 Å². The lowest BCUT2D eigenvalue weighted by Gasteiger charge is -2.37. The molecule has 0 aromatic heterocycles. The van der Waals surface area contributed by atoms with Gasteiger partial charge in [0.15, 0.2) is 0 Å². The predicted octanol–water partition coefficient (Wildman–Crippen LogP) is 6.83. The van der Waals surface area contributed by atoms with Crippen molar-refractivity contribution in [2.45, 2.75) is 140 Å². The first-order chi connectivity index (χ1) is 12.7. The summed E-state index contributed by atoms with van der Waals surface area (Å²) in [6, 6.07) is 0. The lowest BCUT2D eigenvalue weighted by atomic mass is 9.78. The average molecular weight is 365 g/mol. The summed E-state index contributed by atoms with van der Waals surface area (Å²) in [4.78, 5) is 0. The highest BCUT2D eigenvalue weighted by Crippen LogP contribution is 2.35. The van der Waals surface area contributed by atoms with Crippen molar-refractivity contribution in [1.82, 2.24) is 0 Å². The summed E-state index contributed by atoms with van der Waals surface area (Å²) < 4.78 is 0. The summed E-state index contributed by atoms with van der Waals surface area (Å²) in [5, 5.41) is 22.6. The zero-order chi connectivity index (χ0) is 18.5. The predicted molar refractivity (Wildman–Crippen MR) is 111 cm³/mol. The zero-order valence-corrected chi connectivity index (χ0v) is 17.2. The Kier molecular flexibility index (Phi) is 10.9. The number of hydrogen-bond donors (Lipinski definition) is 2. The number of aliphatic hydroxyl groups excluding tert-OH is 1. The molecule has 2 nitrogen and oxygen atoms in total. The van der Waals surface area contributed by atoms with E-state index in [1.165, 1.54) is 95.5 Å². The number of aliphatic hydroxyl groups is 2. The molecule has 26 heavy (non-hydrogen) atoms. The second kappa shape index (κ2) is 12.9. The van der Waals surface area contributed by atoms with Crippen molar-refractivity contribution < 1.29 is 10.2 Å². The first-order valence-electron chi connectivity index (χ1n) is 11.8. The molecule has 2 atom stereocenters. The van der Waals surface area contributed by atoms with Gasteiger partial charge in [0.25, 0.3) is 0 Å². The SMILES string of the molecule is OC1CCCCCCCCCCC1(O)C1=CCCCCCCCCCC1. The zero-order valence-electron chi connectivity index (χ0n) is 17.2. The van der Waals surface area contributed by atoms with Crippen LogP contribution in [0.1, 0.15) is 128 Å². The molecule has 2 heteroatoms. The molecular weight excluding hydrogens is 320 g/mol. The maximum atomic E-state index is 11.6. The monoisotopic (exact) mass is 364 g/mol. The summed E-state index contributed by atoms with van der Waals surface area (Å²) in [6.45, 7) is 0. The van der Waals surface area contributed by atoms with Gasteiger partial charge in [0, 0.05) is 0 Å². The minimum atomic E-state index is -0.969. The van der Waals surface area contributed by atoms with Crippen molar-refractivity contribution >= 4 is 0 Å². The van der Waals surface area contributed by atoms with Gasteiger partial charge in [-0.15, -0.1) is 0 Å². The molecule has 2 aliphatic rings. The van der Waals surface area contributed by atoms with E-state index >= 15 is 0 Å². The van der Waals surface area contributed by atoms with Gasteiger partial charge < -0.3 is 10.2 Å². The van der Waals surface area contributed by atoms with E-state index in [1.807, 2.05) is 0 Å². The first-order valence-corrected chi connectivity index (χ1v) is 11.8. The van der Waals surface area contributed by atoms with E-state index in [4.69, 9.17) is 0 Å². The van der Waals surface area contributed by atoms with Crippen molar-refractivity contribution in [3.8, 4) is 0 Å². The molecule has 1 fully saturated rings. The summed E-state index contributed by atoms with van der Waals surface area (Å²) in [5.41, 5.74) is 0.200. The first kappa shape index (κ1) is 22.0. The molecule has 2 N–H and O–H groups in total. The van der Waals surface area contributed by atoms with E-state index in [1.54, 1.807) is 0 Å². The lowest BCUT2D eigenvalue weighted by Crippen LogP contribution is -2.44. The van der Waals surface area contributed by atoms with Crippen LogP contribution in [0.25, 0.3) is 0 Å². The third kappa shape index (κ3) is 7.72. The second-order valence-corrected chi connectivity index (χ2v) is 8.90. The molecule has 0 bridgehead atoms. The topological polar surface area (TPSA) is 40.5 Å². The van der Waals surface area contributed by atoms with Gasteiger partial charge in [-0.25, -0.2) is 0 Å². The van der Waals surface area contributed by atoms with Crippen LogP contribution in [0, 0.1) is 0 Å². The summed E-state index contributed by atoms with van der Waals surface area (Å²) in [7, 11) is 0. The van der Waals surface area contributed by atoms with Gasteiger partial charge in [0.2, 0.25) is 0 Å². The molecule has 0 aromatic carbocycles. The maximum Gasteiger partial charge on any atom is 0.111 e. The summed E-state index contributed by atoms with van der Waals surface area (Å²) >= 11 is 0. The highest BCUT2D eigenvalue weighted by atomic mass is 16.3. The minimum absolute atomic E-state index is 0.582. The molecule has 2 unspecified atom stereocenters. The second-order valence-electron chi connectivity index (χ2n) is 8.90. The standard InChI is InChI=1S/C24H44O2/c25-23-20-16-12-8-4-5-9-13-17-21-24(23,26)22-18-14-10-6-2-1-3-7-11-15-19-22/h18,23,25-26H,1-17,19-21H2. The van der Waals surface area contributed by atoms with Gasteiger partial charge >= 0.3 is 0 Å². The van der Waals surface area contributed by atoms with Gasteiger partial charge in [-0.1, -0.05) is 96.0 Å². The molecule has 0 radical (unpaired) electrons. The fourth-order valence-corrected chi connectivity index (χ4v) is 4.86. The van der Waals surface area contributed by atoms with Crippen LogP contribution >= 0.6 is 0 Å². The fourth-order valence-electron chi connectivity index (χ4n) is 4.86. The van der Waals surface area contributed by atoms with Gasteiger partial charge in [0.05, 0.1) is 6.10 Å². The number of allylic oxidation sites excluding steroid dienone is 1. The third-order valence-corrected chi connectivity index (χ3v) is 6.68. The average Bonchev–Trinajstić information content (AvgIpc) is 2.62. The smallest absolute Gasteiger partial charge is 0.111 e. The van der Waals surface area contributed by atoms with Crippen LogP contribution in [0.3, 0.4) is 0 Å². The van der Waals surface area contributed by atoms with Crippen molar-refractivity contribution in [1.29, 1.82) is 0 Å². The van der Waals surface area contributed by atoms with Crippen molar-refractivity contribution in [2.24, 2.45) is 0 Å². The van der Waals surface area contributed by atoms with Gasteiger partial charge in [0.1, 0.15) is 5.60 Å². The normalized spacial score (nSPS) is 32.2. The lowest BCUT2D eigenvalue weighted by molar-refractivity contribution is -0.0614. The van der Waals surface area contributed by atoms with E-state index < -0.39 is 11.7 Å². The Morgan fingerprint density at radius 3 is 1.81 bits per heavy atom. The number of hydrogen-bond acceptors (Lipinski definition) is 2. The van der Waals surface area contributed by atoms with E-state index in [0.29, 0.717) is 0 Å². The molecule has 152 valence electrons. The van der Waals surface area contributed by atoms with E-state index in [0.717, 1.165) is 38.5 Å². The molecule has 0 amide bonds. The highest BCUT2D eigenvalue weighted by molar-refractivity contribution is 5.20. The van der Waals surface area contributed by atoms with Crippen LogP contribution < -0.4 is 0 Å². The molecule has 2 aliphatic carbocycles. The molecule has 0 aliphatic heterocycles. The largest absolute Gasteiger partial charge is 0.390 e. The highest BCUT2D eigenvalue weighted by Gasteiger charge is 2.37. The molecule has 0 saturated heterocycles. The molecule has 2 rings (SSSR count). The maximum absolute atomic E-state index is 11.6. The summed E-state index contributed by atoms with van der Waals surface area (Å²) in [5.74, 6) is 0. The Hall–Kier alpha value is -0.340. The van der Waals surface area contributed by atoms with Crippen molar-refractivity contribution in [3.05, 3.63) is 11.6 Å². The Morgan fingerprint density at radius 2 is 1.15 bits per heavy atom. The van der Waals surface area contributed by atoms with Crippen LogP contribution in [0.4, 0.5) is 0 Å². The minimum Gasteiger partial charge on any atom is -0.390 e. The van der Waals surface area contributed by atoms with Gasteiger partial charge in [-0.05, 0) is 44.1 Å². The number of rotatable bonds is 1. The Balaban J connectivity index is 2.08. The summed E-state index contributed by atoms with van der Waals surface area (Å²) in [6.07, 6.45) is 25.5. The quantitative estimate of drug-likeness (QED) is 0.500. The molecule has 0 heterocycles.